The summed E-state index contributed by atoms with van der Waals surface area (Å²) in [5.41, 5.74) is 1.76. The molecule has 5 nitrogen and oxygen atoms in total. The quantitative estimate of drug-likeness (QED) is 0.515. The smallest absolute Gasteiger partial charge is 0.220 e. The van der Waals surface area contributed by atoms with Crippen LogP contribution in [0.2, 0.25) is 0 Å². The number of nitrogens with zero attached hydrogens (tertiary/aromatic N) is 1. The molecule has 5 heteroatoms. The van der Waals surface area contributed by atoms with Crippen LogP contribution >= 0.6 is 0 Å². The lowest BCUT2D eigenvalue weighted by atomic mass is 10.1. The SMILES string of the molecule is CC(=O)c1ccc(OCCCC(=O)NC(CN(C)C)c2ccccc2)cc1. The van der Waals surface area contributed by atoms with Gasteiger partial charge in [0.25, 0.3) is 0 Å². The molecule has 0 aliphatic carbocycles. The topological polar surface area (TPSA) is 58.6 Å². The lowest BCUT2D eigenvalue weighted by molar-refractivity contribution is -0.122. The maximum atomic E-state index is 12.3. The molecular formula is C22H28N2O3. The van der Waals surface area contributed by atoms with Gasteiger partial charge in [0.05, 0.1) is 12.6 Å². The van der Waals surface area contributed by atoms with E-state index in [0.29, 0.717) is 30.8 Å². The number of carbonyl (C=O) groups is 2. The molecule has 0 saturated heterocycles. The van der Waals surface area contributed by atoms with Gasteiger partial charge >= 0.3 is 0 Å². The number of benzene rings is 2. The molecule has 0 fully saturated rings. The molecule has 1 amide bonds. The van der Waals surface area contributed by atoms with Crippen LogP contribution in [0, 0.1) is 0 Å². The van der Waals surface area contributed by atoms with Gasteiger partial charge in [-0.2, -0.15) is 0 Å². The molecule has 2 aromatic carbocycles. The second-order valence-electron chi connectivity index (χ2n) is 6.83. The molecule has 0 heterocycles. The maximum absolute atomic E-state index is 12.3. The first-order valence-corrected chi connectivity index (χ1v) is 9.18. The number of nitrogens with one attached hydrogen (secondary N) is 1. The highest BCUT2D eigenvalue weighted by atomic mass is 16.5. The van der Waals surface area contributed by atoms with Crippen molar-refractivity contribution in [2.24, 2.45) is 0 Å². The van der Waals surface area contributed by atoms with Crippen molar-refractivity contribution in [3.8, 4) is 5.75 Å². The zero-order valence-corrected chi connectivity index (χ0v) is 16.3. The summed E-state index contributed by atoms with van der Waals surface area (Å²) in [6, 6.07) is 17.0. The third kappa shape index (κ3) is 7.23. The van der Waals surface area contributed by atoms with Crippen molar-refractivity contribution in [1.29, 1.82) is 0 Å². The largest absolute Gasteiger partial charge is 0.494 e. The van der Waals surface area contributed by atoms with Crippen molar-refractivity contribution in [3.63, 3.8) is 0 Å². The summed E-state index contributed by atoms with van der Waals surface area (Å²) in [6.07, 6.45) is 1.03. The minimum absolute atomic E-state index is 0.0150. The lowest BCUT2D eigenvalue weighted by Gasteiger charge is -2.23. The van der Waals surface area contributed by atoms with Gasteiger partial charge in [0, 0.05) is 18.5 Å². The Bertz CT molecular complexity index is 727. The Morgan fingerprint density at radius 1 is 1.04 bits per heavy atom. The number of hydrogen-bond donors (Lipinski definition) is 1. The van der Waals surface area contributed by atoms with Crippen molar-refractivity contribution in [3.05, 3.63) is 65.7 Å². The first kappa shape index (κ1) is 20.6. The van der Waals surface area contributed by atoms with Crippen molar-refractivity contribution < 1.29 is 14.3 Å². The van der Waals surface area contributed by atoms with Crippen LogP contribution in [0.3, 0.4) is 0 Å². The van der Waals surface area contributed by atoms with Gasteiger partial charge in [0.2, 0.25) is 5.91 Å². The number of rotatable bonds is 10. The van der Waals surface area contributed by atoms with Gasteiger partial charge in [0.1, 0.15) is 5.75 Å². The molecule has 144 valence electrons. The highest BCUT2D eigenvalue weighted by Gasteiger charge is 2.15. The highest BCUT2D eigenvalue weighted by Crippen LogP contribution is 2.15. The van der Waals surface area contributed by atoms with Crippen LogP contribution in [-0.2, 0) is 4.79 Å². The second kappa shape index (κ2) is 10.5. The molecule has 0 aromatic heterocycles. The standard InChI is InChI=1S/C22H28N2O3/c1-17(25)18-11-13-20(14-12-18)27-15-7-10-22(26)23-21(16-24(2)3)19-8-5-4-6-9-19/h4-6,8-9,11-14,21H,7,10,15-16H2,1-3H3,(H,23,26). The van der Waals surface area contributed by atoms with Crippen molar-refractivity contribution in [2.45, 2.75) is 25.8 Å². The highest BCUT2D eigenvalue weighted by molar-refractivity contribution is 5.94. The Morgan fingerprint density at radius 3 is 2.30 bits per heavy atom. The van der Waals surface area contributed by atoms with Crippen molar-refractivity contribution >= 4 is 11.7 Å². The van der Waals surface area contributed by atoms with Gasteiger partial charge in [-0.3, -0.25) is 9.59 Å². The average molecular weight is 368 g/mol. The van der Waals surface area contributed by atoms with Gasteiger partial charge in [-0.15, -0.1) is 0 Å². The fourth-order valence-corrected chi connectivity index (χ4v) is 2.76. The minimum Gasteiger partial charge on any atom is -0.494 e. The normalized spacial score (nSPS) is 11.9. The number of ketones is 1. The molecule has 27 heavy (non-hydrogen) atoms. The zero-order chi connectivity index (χ0) is 19.6. The van der Waals surface area contributed by atoms with Gasteiger partial charge < -0.3 is 15.0 Å². The Labute approximate surface area is 161 Å². The Morgan fingerprint density at radius 2 is 1.70 bits per heavy atom. The molecule has 0 saturated carbocycles. The predicted octanol–water partition coefficient (Wildman–Crippen LogP) is 3.47. The number of likely N-dealkylation sites (N-methyl/N-ethyl adjacent to an activating group) is 1. The van der Waals surface area contributed by atoms with E-state index >= 15 is 0 Å². The fraction of sp³-hybridized carbons (Fsp3) is 0.364. The summed E-state index contributed by atoms with van der Waals surface area (Å²) in [5, 5.41) is 3.11. The van der Waals surface area contributed by atoms with Gasteiger partial charge in [-0.05, 0) is 57.3 Å². The van der Waals surface area contributed by atoms with Gasteiger partial charge in [0.15, 0.2) is 5.78 Å². The minimum atomic E-state index is -0.0336. The van der Waals surface area contributed by atoms with Crippen LogP contribution in [0.25, 0.3) is 0 Å². The zero-order valence-electron chi connectivity index (χ0n) is 16.3. The average Bonchev–Trinajstić information content (AvgIpc) is 2.65. The third-order valence-corrected chi connectivity index (χ3v) is 4.16. The van der Waals surface area contributed by atoms with E-state index in [1.807, 2.05) is 44.4 Å². The van der Waals surface area contributed by atoms with E-state index < -0.39 is 0 Å². The predicted molar refractivity (Wildman–Crippen MR) is 107 cm³/mol. The fourth-order valence-electron chi connectivity index (χ4n) is 2.76. The number of Topliss-reactive ketones (excluding diaryl/α,β-unsaturated/α-hetero) is 1. The van der Waals surface area contributed by atoms with Gasteiger partial charge in [-0.1, -0.05) is 30.3 Å². The van der Waals surface area contributed by atoms with E-state index in [-0.39, 0.29) is 17.7 Å². The van der Waals surface area contributed by atoms with Crippen molar-refractivity contribution in [1.82, 2.24) is 10.2 Å². The number of hydrogen-bond acceptors (Lipinski definition) is 4. The summed E-state index contributed by atoms with van der Waals surface area (Å²) in [4.78, 5) is 25.6. The Kier molecular flexibility index (Phi) is 8.01. The van der Waals surface area contributed by atoms with Gasteiger partial charge in [-0.25, -0.2) is 0 Å². The van der Waals surface area contributed by atoms with E-state index in [2.05, 4.69) is 10.2 Å². The van der Waals surface area contributed by atoms with Crippen LogP contribution in [0.1, 0.15) is 41.7 Å². The number of carbonyl (C=O) groups excluding carboxylic acids is 2. The molecule has 0 aliphatic heterocycles. The molecule has 1 atom stereocenters. The number of amides is 1. The van der Waals surface area contributed by atoms with Crippen LogP contribution < -0.4 is 10.1 Å². The first-order chi connectivity index (χ1) is 13.0. The van der Waals surface area contributed by atoms with E-state index in [1.54, 1.807) is 24.3 Å². The molecule has 2 rings (SSSR count). The van der Waals surface area contributed by atoms with E-state index in [1.165, 1.54) is 6.92 Å². The van der Waals surface area contributed by atoms with E-state index in [9.17, 15) is 9.59 Å². The van der Waals surface area contributed by atoms with Crippen molar-refractivity contribution in [2.75, 3.05) is 27.2 Å². The molecule has 1 unspecified atom stereocenters. The Balaban J connectivity index is 1.77. The van der Waals surface area contributed by atoms with Crippen LogP contribution in [0.5, 0.6) is 5.75 Å². The molecule has 0 bridgehead atoms. The van der Waals surface area contributed by atoms with E-state index in [4.69, 9.17) is 4.74 Å². The molecule has 0 spiro atoms. The Hall–Kier alpha value is -2.66. The first-order valence-electron chi connectivity index (χ1n) is 9.18. The molecule has 2 aromatic rings. The van der Waals surface area contributed by atoms with Crippen LogP contribution in [0.15, 0.2) is 54.6 Å². The lowest BCUT2D eigenvalue weighted by Crippen LogP contribution is -2.35. The molecule has 0 aliphatic rings. The third-order valence-electron chi connectivity index (χ3n) is 4.16. The summed E-state index contributed by atoms with van der Waals surface area (Å²) >= 11 is 0. The summed E-state index contributed by atoms with van der Waals surface area (Å²) in [6.45, 7) is 2.73. The second-order valence-corrected chi connectivity index (χ2v) is 6.83. The summed E-state index contributed by atoms with van der Waals surface area (Å²) < 4.78 is 5.65. The molecule has 0 radical (unpaired) electrons. The summed E-state index contributed by atoms with van der Waals surface area (Å²) in [7, 11) is 3.99. The summed E-state index contributed by atoms with van der Waals surface area (Å²) in [5.74, 6) is 0.750. The maximum Gasteiger partial charge on any atom is 0.220 e. The number of ether oxygens (including phenoxy) is 1. The molecule has 1 N–H and O–H groups in total. The van der Waals surface area contributed by atoms with Crippen LogP contribution in [-0.4, -0.2) is 43.8 Å². The van der Waals surface area contributed by atoms with E-state index in [0.717, 1.165) is 12.1 Å². The molecular weight excluding hydrogens is 340 g/mol. The monoisotopic (exact) mass is 368 g/mol. The van der Waals surface area contributed by atoms with Crippen LogP contribution in [0.4, 0.5) is 0 Å².